The second-order valence-electron chi connectivity index (χ2n) is 10.7. The third kappa shape index (κ3) is 6.77. The quantitative estimate of drug-likeness (QED) is 0.217. The fourth-order valence-electron chi connectivity index (χ4n) is 4.68. The van der Waals surface area contributed by atoms with Crippen LogP contribution in [0.15, 0.2) is 54.6 Å². The fraction of sp³-hybridized carbons (Fsp3) is 0.364. The van der Waals surface area contributed by atoms with Gasteiger partial charge >= 0.3 is 0 Å². The lowest BCUT2D eigenvalue weighted by molar-refractivity contribution is 0.301. The van der Waals surface area contributed by atoms with Crippen LogP contribution >= 0.6 is 0 Å². The van der Waals surface area contributed by atoms with E-state index in [4.69, 9.17) is 19.7 Å². The highest BCUT2D eigenvalue weighted by Crippen LogP contribution is 2.34. The average Bonchev–Trinajstić information content (AvgIpc) is 2.85. The Balaban J connectivity index is 1.66. The highest BCUT2D eigenvalue weighted by atomic mass is 16.5. The van der Waals surface area contributed by atoms with Crippen LogP contribution in [-0.2, 0) is 0 Å². The number of aromatic hydroxyl groups is 1. The molecule has 4 aromatic rings. The van der Waals surface area contributed by atoms with Crippen molar-refractivity contribution in [2.45, 2.75) is 67.2 Å². The Bertz CT molecular complexity index is 1340. The van der Waals surface area contributed by atoms with Gasteiger partial charge in [0.2, 0.25) is 0 Å². The van der Waals surface area contributed by atoms with Crippen molar-refractivity contribution in [1.82, 2.24) is 15.0 Å². The lowest BCUT2D eigenvalue weighted by atomic mass is 10.0. The first-order chi connectivity index (χ1) is 18.2. The molecule has 38 heavy (non-hydrogen) atoms. The van der Waals surface area contributed by atoms with Crippen molar-refractivity contribution in [3.63, 3.8) is 0 Å². The number of nitrogens with zero attached hydrogens (tertiary/aromatic N) is 3. The molecule has 0 fully saturated rings. The van der Waals surface area contributed by atoms with Gasteiger partial charge in [0, 0.05) is 17.2 Å². The normalized spacial score (nSPS) is 11.2. The molecule has 1 N–H and O–H groups in total. The first kappa shape index (κ1) is 27.3. The van der Waals surface area contributed by atoms with Crippen molar-refractivity contribution < 1.29 is 9.84 Å². The van der Waals surface area contributed by atoms with E-state index < -0.39 is 0 Å². The minimum Gasteiger partial charge on any atom is -0.507 e. The molecule has 0 atom stereocenters. The van der Waals surface area contributed by atoms with Crippen molar-refractivity contribution in [1.29, 1.82) is 0 Å². The third-order valence-electron chi connectivity index (χ3n) is 6.79. The second kappa shape index (κ2) is 12.2. The first-order valence-electron chi connectivity index (χ1n) is 13.6. The predicted molar refractivity (Wildman–Crippen MR) is 156 cm³/mol. The largest absolute Gasteiger partial charge is 0.507 e. The van der Waals surface area contributed by atoms with Gasteiger partial charge in [0.25, 0.3) is 0 Å². The zero-order chi connectivity index (χ0) is 27.2. The molecule has 0 bridgehead atoms. The van der Waals surface area contributed by atoms with Crippen LogP contribution in [0.2, 0.25) is 0 Å². The molecule has 0 saturated heterocycles. The van der Waals surface area contributed by atoms with Crippen molar-refractivity contribution >= 4 is 0 Å². The van der Waals surface area contributed by atoms with Crippen LogP contribution < -0.4 is 4.74 Å². The van der Waals surface area contributed by atoms with Gasteiger partial charge in [-0.3, -0.25) is 0 Å². The molecule has 0 spiro atoms. The van der Waals surface area contributed by atoms with E-state index in [0.717, 1.165) is 41.0 Å². The molecule has 0 aliphatic rings. The molecule has 0 radical (unpaired) electrons. The van der Waals surface area contributed by atoms with Gasteiger partial charge < -0.3 is 9.84 Å². The highest BCUT2D eigenvalue weighted by molar-refractivity contribution is 5.72. The van der Waals surface area contributed by atoms with Gasteiger partial charge in [-0.2, -0.15) is 0 Å². The zero-order valence-corrected chi connectivity index (χ0v) is 23.5. The number of phenols is 1. The van der Waals surface area contributed by atoms with Crippen molar-refractivity contribution in [3.8, 4) is 45.7 Å². The Kier molecular flexibility index (Phi) is 8.77. The van der Waals surface area contributed by atoms with E-state index in [1.165, 1.54) is 24.0 Å². The zero-order valence-electron chi connectivity index (χ0n) is 23.5. The molecule has 0 aliphatic heterocycles. The van der Waals surface area contributed by atoms with Gasteiger partial charge in [-0.05, 0) is 63.3 Å². The third-order valence-corrected chi connectivity index (χ3v) is 6.79. The van der Waals surface area contributed by atoms with E-state index in [0.29, 0.717) is 35.4 Å². The van der Waals surface area contributed by atoms with Gasteiger partial charge in [0.15, 0.2) is 17.5 Å². The maximum atomic E-state index is 11.0. The molecule has 1 heterocycles. The molecule has 0 aliphatic carbocycles. The molecule has 1 aromatic heterocycles. The van der Waals surface area contributed by atoms with E-state index >= 15 is 0 Å². The summed E-state index contributed by atoms with van der Waals surface area (Å²) in [5.41, 5.74) is 7.00. The Hall–Kier alpha value is -3.73. The van der Waals surface area contributed by atoms with E-state index in [-0.39, 0.29) is 5.75 Å². The summed E-state index contributed by atoms with van der Waals surface area (Å²) in [7, 11) is 0. The Morgan fingerprint density at radius 1 is 0.658 bits per heavy atom. The fourth-order valence-corrected chi connectivity index (χ4v) is 4.68. The molecular weight excluding hydrogens is 470 g/mol. The van der Waals surface area contributed by atoms with Crippen LogP contribution in [0.3, 0.4) is 0 Å². The number of hydrogen-bond donors (Lipinski definition) is 1. The minimum absolute atomic E-state index is 0.0895. The summed E-state index contributed by atoms with van der Waals surface area (Å²) in [4.78, 5) is 14.5. The highest BCUT2D eigenvalue weighted by Gasteiger charge is 2.17. The van der Waals surface area contributed by atoms with E-state index in [2.05, 4.69) is 65.8 Å². The Morgan fingerprint density at radius 3 is 1.68 bits per heavy atom. The number of hydrogen-bond acceptors (Lipinski definition) is 5. The molecule has 0 unspecified atom stereocenters. The predicted octanol–water partition coefficient (Wildman–Crippen LogP) is 8.41. The van der Waals surface area contributed by atoms with Crippen molar-refractivity contribution in [3.05, 3.63) is 76.9 Å². The van der Waals surface area contributed by atoms with Gasteiger partial charge in [0.05, 0.1) is 12.2 Å². The molecular formula is C33H39N3O2. The minimum atomic E-state index is 0.0895. The number of benzene rings is 3. The summed E-state index contributed by atoms with van der Waals surface area (Å²) in [6, 6.07) is 17.8. The summed E-state index contributed by atoms with van der Waals surface area (Å²) in [6.07, 6.45) is 4.61. The first-order valence-corrected chi connectivity index (χ1v) is 13.6. The molecule has 0 amide bonds. The van der Waals surface area contributed by atoms with Crippen LogP contribution in [0.4, 0.5) is 0 Å². The van der Waals surface area contributed by atoms with Gasteiger partial charge in [0.1, 0.15) is 11.5 Å². The number of ether oxygens (including phenoxy) is 1. The molecule has 4 rings (SSSR count). The lowest BCUT2D eigenvalue weighted by Crippen LogP contribution is -2.02. The average molecular weight is 510 g/mol. The van der Waals surface area contributed by atoms with E-state index in [1.807, 2.05) is 24.3 Å². The Labute approximate surface area is 227 Å². The second-order valence-corrected chi connectivity index (χ2v) is 10.7. The van der Waals surface area contributed by atoms with Crippen LogP contribution in [0.5, 0.6) is 11.5 Å². The van der Waals surface area contributed by atoms with Crippen LogP contribution in [0, 0.1) is 33.6 Å². The standard InChI is InChI=1S/C33H39N3O2/c1-21(2)10-8-7-9-17-38-26-13-16-29(30(37)20-26)33-35-31(27-14-11-22(3)18-24(27)5)34-32(36-33)28-15-12-23(4)19-25(28)6/h11-16,18-21,37H,7-10,17H2,1-6H3. The smallest absolute Gasteiger partial charge is 0.167 e. The van der Waals surface area contributed by atoms with Crippen molar-refractivity contribution in [2.75, 3.05) is 6.61 Å². The van der Waals surface area contributed by atoms with Gasteiger partial charge in [-0.1, -0.05) is 80.6 Å². The van der Waals surface area contributed by atoms with Crippen LogP contribution in [0.25, 0.3) is 34.2 Å². The van der Waals surface area contributed by atoms with Crippen LogP contribution in [0.1, 0.15) is 61.8 Å². The summed E-state index contributed by atoms with van der Waals surface area (Å²) < 4.78 is 5.91. The van der Waals surface area contributed by atoms with Crippen molar-refractivity contribution in [2.24, 2.45) is 5.92 Å². The number of unbranched alkanes of at least 4 members (excludes halogenated alkanes) is 2. The van der Waals surface area contributed by atoms with Gasteiger partial charge in [-0.25, -0.2) is 15.0 Å². The summed E-state index contributed by atoms with van der Waals surface area (Å²) in [6.45, 7) is 13.4. The topological polar surface area (TPSA) is 68.1 Å². The molecule has 5 nitrogen and oxygen atoms in total. The van der Waals surface area contributed by atoms with Gasteiger partial charge in [-0.15, -0.1) is 0 Å². The van der Waals surface area contributed by atoms with E-state index in [1.54, 1.807) is 6.07 Å². The molecule has 3 aromatic carbocycles. The molecule has 0 saturated carbocycles. The number of rotatable bonds is 10. The number of aromatic nitrogens is 3. The number of phenolic OH excluding ortho intramolecular Hbond substituents is 1. The summed E-state index contributed by atoms with van der Waals surface area (Å²) in [5, 5.41) is 11.0. The van der Waals surface area contributed by atoms with Crippen LogP contribution in [-0.4, -0.2) is 26.7 Å². The SMILES string of the molecule is Cc1ccc(-c2nc(-c3ccc(C)cc3C)nc(-c3ccc(OCCCCCC(C)C)cc3O)n2)c(C)c1. The summed E-state index contributed by atoms with van der Waals surface area (Å²) >= 11 is 0. The maximum Gasteiger partial charge on any atom is 0.167 e. The lowest BCUT2D eigenvalue weighted by Gasteiger charge is -2.13. The maximum absolute atomic E-state index is 11.0. The van der Waals surface area contributed by atoms with E-state index in [9.17, 15) is 5.11 Å². The monoisotopic (exact) mass is 509 g/mol. The molecule has 5 heteroatoms. The molecule has 198 valence electrons. The summed E-state index contributed by atoms with van der Waals surface area (Å²) in [5.74, 6) is 3.08. The Morgan fingerprint density at radius 2 is 1.18 bits per heavy atom. The number of aryl methyl sites for hydroxylation is 4.